The molecule has 0 aromatic heterocycles. The number of hydrogen-bond acceptors (Lipinski definition) is 5. The van der Waals surface area contributed by atoms with Gasteiger partial charge in [-0.3, -0.25) is 14.9 Å². The Morgan fingerprint density at radius 2 is 1.62 bits per heavy atom. The minimum absolute atomic E-state index is 0.0515. The molecule has 0 bridgehead atoms. The number of likely N-dealkylation sites (N-methyl/N-ethyl adjacent to an activating group) is 1. The zero-order valence-corrected chi connectivity index (χ0v) is 12.3. The number of amides is 2. The molecule has 2 aliphatic rings. The first-order chi connectivity index (χ1) is 9.89. The number of sulfonamides is 1. The Balaban J connectivity index is 1.95. The highest BCUT2D eigenvalue weighted by molar-refractivity contribution is 7.89. The summed E-state index contributed by atoms with van der Waals surface area (Å²) in [7, 11) is -1.69. The Hall–Kier alpha value is -1.77. The number of benzene rings is 1. The summed E-state index contributed by atoms with van der Waals surface area (Å²) in [6.45, 7) is 2.17. The number of piperazine rings is 1. The van der Waals surface area contributed by atoms with Crippen LogP contribution in [0.4, 0.5) is 0 Å². The lowest BCUT2D eigenvalue weighted by molar-refractivity contribution is 0.0879. The second-order valence-electron chi connectivity index (χ2n) is 5.20. The third-order valence-electron chi connectivity index (χ3n) is 3.81. The number of rotatable bonds is 2. The van der Waals surface area contributed by atoms with Gasteiger partial charge < -0.3 is 4.90 Å². The molecule has 1 aromatic carbocycles. The van der Waals surface area contributed by atoms with Crippen LogP contribution in [-0.2, 0) is 10.0 Å². The van der Waals surface area contributed by atoms with Gasteiger partial charge in [-0.25, -0.2) is 8.42 Å². The highest BCUT2D eigenvalue weighted by atomic mass is 32.2. The van der Waals surface area contributed by atoms with Gasteiger partial charge >= 0.3 is 0 Å². The molecule has 2 heterocycles. The van der Waals surface area contributed by atoms with Gasteiger partial charge in [0.25, 0.3) is 11.8 Å². The first-order valence-corrected chi connectivity index (χ1v) is 8.02. The van der Waals surface area contributed by atoms with Gasteiger partial charge in [0.1, 0.15) is 0 Å². The molecular formula is C13H15N3O4S. The van der Waals surface area contributed by atoms with E-state index in [1.54, 1.807) is 0 Å². The highest BCUT2D eigenvalue weighted by Gasteiger charge is 2.32. The number of imide groups is 1. The summed E-state index contributed by atoms with van der Waals surface area (Å²) in [5.74, 6) is -1.04. The van der Waals surface area contributed by atoms with Crippen LogP contribution < -0.4 is 5.32 Å². The van der Waals surface area contributed by atoms with E-state index in [-0.39, 0.29) is 16.0 Å². The van der Waals surface area contributed by atoms with E-state index in [2.05, 4.69) is 10.2 Å². The van der Waals surface area contributed by atoms with Crippen molar-refractivity contribution in [1.82, 2.24) is 14.5 Å². The molecule has 0 atom stereocenters. The fraction of sp³-hybridized carbons (Fsp3) is 0.385. The summed E-state index contributed by atoms with van der Waals surface area (Å²) in [6.07, 6.45) is 0. The monoisotopic (exact) mass is 309 g/mol. The fourth-order valence-electron chi connectivity index (χ4n) is 2.48. The lowest BCUT2D eigenvalue weighted by Crippen LogP contribution is -2.47. The van der Waals surface area contributed by atoms with E-state index in [1.807, 2.05) is 7.05 Å². The van der Waals surface area contributed by atoms with E-state index in [0.717, 1.165) is 0 Å². The molecular weight excluding hydrogens is 294 g/mol. The van der Waals surface area contributed by atoms with E-state index in [1.165, 1.54) is 22.5 Å². The third kappa shape index (κ3) is 2.35. The second-order valence-corrected chi connectivity index (χ2v) is 7.14. The molecule has 8 heteroatoms. The minimum Gasteiger partial charge on any atom is -0.304 e. The zero-order valence-electron chi connectivity index (χ0n) is 11.5. The number of nitrogens with zero attached hydrogens (tertiary/aromatic N) is 2. The molecule has 0 unspecified atom stereocenters. The van der Waals surface area contributed by atoms with Crippen LogP contribution in [0.15, 0.2) is 23.1 Å². The molecule has 112 valence electrons. The molecule has 1 N–H and O–H groups in total. The van der Waals surface area contributed by atoms with Crippen molar-refractivity contribution in [2.24, 2.45) is 0 Å². The van der Waals surface area contributed by atoms with Gasteiger partial charge in [-0.1, -0.05) is 0 Å². The third-order valence-corrected chi connectivity index (χ3v) is 5.70. The number of hydrogen-bond donors (Lipinski definition) is 1. The maximum absolute atomic E-state index is 12.6. The molecule has 21 heavy (non-hydrogen) atoms. The summed E-state index contributed by atoms with van der Waals surface area (Å²) in [5.41, 5.74) is 0.340. The SMILES string of the molecule is CN1CCN(S(=O)(=O)c2ccc3c(c2)C(=O)NC3=O)CC1. The van der Waals surface area contributed by atoms with Gasteiger partial charge in [-0.15, -0.1) is 0 Å². The van der Waals surface area contributed by atoms with E-state index >= 15 is 0 Å². The largest absolute Gasteiger partial charge is 0.304 e. The topological polar surface area (TPSA) is 86.8 Å². The predicted molar refractivity (Wildman–Crippen MR) is 74.5 cm³/mol. The fourth-order valence-corrected chi connectivity index (χ4v) is 3.93. The Kier molecular flexibility index (Phi) is 3.31. The van der Waals surface area contributed by atoms with Crippen LogP contribution in [0.1, 0.15) is 20.7 Å². The minimum atomic E-state index is -3.63. The van der Waals surface area contributed by atoms with Gasteiger partial charge in [0.15, 0.2) is 0 Å². The Labute approximate surface area is 122 Å². The Morgan fingerprint density at radius 1 is 1.00 bits per heavy atom. The van der Waals surface area contributed by atoms with Crippen LogP contribution in [0.3, 0.4) is 0 Å². The van der Waals surface area contributed by atoms with E-state index < -0.39 is 21.8 Å². The number of fused-ring (bicyclic) bond motifs is 1. The number of nitrogens with one attached hydrogen (secondary N) is 1. The van der Waals surface area contributed by atoms with E-state index in [9.17, 15) is 18.0 Å². The standard InChI is InChI=1S/C13H15N3O4S/c1-15-4-6-16(7-5-15)21(19,20)9-2-3-10-11(8-9)13(18)14-12(10)17/h2-3,8H,4-7H2,1H3,(H,14,17,18). The van der Waals surface area contributed by atoms with Crippen LogP contribution in [0, 0.1) is 0 Å². The summed E-state index contributed by atoms with van der Waals surface area (Å²) < 4.78 is 26.6. The smallest absolute Gasteiger partial charge is 0.258 e. The predicted octanol–water partition coefficient (Wildman–Crippen LogP) is -0.494. The molecule has 0 spiro atoms. The van der Waals surface area contributed by atoms with Gasteiger partial charge in [0, 0.05) is 26.2 Å². The van der Waals surface area contributed by atoms with Crippen molar-refractivity contribution < 1.29 is 18.0 Å². The van der Waals surface area contributed by atoms with Crippen LogP contribution in [0.25, 0.3) is 0 Å². The molecule has 1 aromatic rings. The summed E-state index contributed by atoms with van der Waals surface area (Å²) in [4.78, 5) is 25.2. The van der Waals surface area contributed by atoms with Crippen LogP contribution in [0.2, 0.25) is 0 Å². The molecule has 2 amide bonds. The summed E-state index contributed by atoms with van der Waals surface area (Å²) in [5, 5.41) is 2.15. The van der Waals surface area contributed by atoms with Crippen LogP contribution in [-0.4, -0.2) is 62.7 Å². The molecule has 0 aliphatic carbocycles. The Bertz CT molecular complexity index is 721. The summed E-state index contributed by atoms with van der Waals surface area (Å²) in [6, 6.07) is 4.05. The molecule has 1 fully saturated rings. The summed E-state index contributed by atoms with van der Waals surface area (Å²) >= 11 is 0. The van der Waals surface area contributed by atoms with Gasteiger partial charge in [0.05, 0.1) is 16.0 Å². The average Bonchev–Trinajstić information content (AvgIpc) is 2.74. The highest BCUT2D eigenvalue weighted by Crippen LogP contribution is 2.23. The molecule has 0 radical (unpaired) electrons. The molecule has 3 rings (SSSR count). The van der Waals surface area contributed by atoms with Crippen molar-refractivity contribution in [3.05, 3.63) is 29.3 Å². The van der Waals surface area contributed by atoms with Crippen molar-refractivity contribution >= 4 is 21.8 Å². The van der Waals surface area contributed by atoms with Crippen molar-refractivity contribution in [2.75, 3.05) is 33.2 Å². The number of carbonyl (C=O) groups excluding carboxylic acids is 2. The van der Waals surface area contributed by atoms with Crippen molar-refractivity contribution in [3.63, 3.8) is 0 Å². The maximum Gasteiger partial charge on any atom is 0.258 e. The Morgan fingerprint density at radius 3 is 2.29 bits per heavy atom. The lowest BCUT2D eigenvalue weighted by atomic mass is 10.1. The second kappa shape index (κ2) is 4.90. The molecule has 7 nitrogen and oxygen atoms in total. The van der Waals surface area contributed by atoms with E-state index in [4.69, 9.17) is 0 Å². The average molecular weight is 309 g/mol. The van der Waals surface area contributed by atoms with Gasteiger partial charge in [-0.2, -0.15) is 4.31 Å². The first kappa shape index (κ1) is 14.2. The van der Waals surface area contributed by atoms with Gasteiger partial charge in [-0.05, 0) is 25.2 Å². The molecule has 0 saturated carbocycles. The lowest BCUT2D eigenvalue weighted by Gasteiger charge is -2.31. The molecule has 2 aliphatic heterocycles. The maximum atomic E-state index is 12.6. The van der Waals surface area contributed by atoms with Crippen molar-refractivity contribution in [2.45, 2.75) is 4.90 Å². The number of carbonyl (C=O) groups is 2. The molecule has 1 saturated heterocycles. The van der Waals surface area contributed by atoms with E-state index in [0.29, 0.717) is 26.2 Å². The van der Waals surface area contributed by atoms with Crippen LogP contribution >= 0.6 is 0 Å². The zero-order chi connectivity index (χ0) is 15.2. The van der Waals surface area contributed by atoms with Crippen molar-refractivity contribution in [3.8, 4) is 0 Å². The normalized spacial score (nSPS) is 20.4. The first-order valence-electron chi connectivity index (χ1n) is 6.58. The van der Waals surface area contributed by atoms with Crippen LogP contribution in [0.5, 0.6) is 0 Å². The quantitative estimate of drug-likeness (QED) is 0.745. The van der Waals surface area contributed by atoms with Gasteiger partial charge in [0.2, 0.25) is 10.0 Å². The van der Waals surface area contributed by atoms with Crippen molar-refractivity contribution in [1.29, 1.82) is 0 Å².